The van der Waals surface area contributed by atoms with Crippen LogP contribution >= 0.6 is 15.9 Å². The second-order valence-electron chi connectivity index (χ2n) is 4.74. The van der Waals surface area contributed by atoms with Crippen molar-refractivity contribution >= 4 is 21.8 Å². The van der Waals surface area contributed by atoms with Crippen LogP contribution in [0.3, 0.4) is 0 Å². The Morgan fingerprint density at radius 1 is 1.37 bits per heavy atom. The van der Waals surface area contributed by atoms with E-state index in [-0.39, 0.29) is 11.7 Å². The number of benzene rings is 1. The Balaban J connectivity index is 2.39. The summed E-state index contributed by atoms with van der Waals surface area (Å²) < 4.78 is 0. The highest BCUT2D eigenvalue weighted by Crippen LogP contribution is 2.19. The van der Waals surface area contributed by atoms with E-state index in [1.807, 2.05) is 6.07 Å². The molecule has 0 radical (unpaired) electrons. The molecule has 1 aromatic carbocycles. The molecule has 1 unspecified atom stereocenters. The third-order valence-corrected chi connectivity index (χ3v) is 4.40. The van der Waals surface area contributed by atoms with Crippen LogP contribution in [-0.2, 0) is 11.2 Å². The summed E-state index contributed by atoms with van der Waals surface area (Å²) in [5.41, 5.74) is 0.825. The predicted octanol–water partition coefficient (Wildman–Crippen LogP) is 3.25. The summed E-state index contributed by atoms with van der Waals surface area (Å²) in [6, 6.07) is 6.80. The van der Waals surface area contributed by atoms with Gasteiger partial charge in [0, 0.05) is 11.4 Å². The number of aromatic hydroxyl groups is 1. The van der Waals surface area contributed by atoms with Gasteiger partial charge in [-0.3, -0.25) is 4.79 Å². The maximum absolute atomic E-state index is 11.8. The molecular weight excluding hydrogens is 306 g/mol. The number of amides is 1. The van der Waals surface area contributed by atoms with E-state index in [2.05, 4.69) is 35.1 Å². The Bertz CT molecular complexity index is 405. The lowest BCUT2D eigenvalue weighted by molar-refractivity contribution is -0.120. The van der Waals surface area contributed by atoms with Gasteiger partial charge < -0.3 is 10.4 Å². The summed E-state index contributed by atoms with van der Waals surface area (Å²) in [7, 11) is 0. The van der Waals surface area contributed by atoms with Crippen LogP contribution in [0, 0.1) is 5.92 Å². The van der Waals surface area contributed by atoms with Crippen molar-refractivity contribution in [2.24, 2.45) is 5.92 Å². The van der Waals surface area contributed by atoms with E-state index in [4.69, 9.17) is 0 Å². The van der Waals surface area contributed by atoms with Crippen LogP contribution in [-0.4, -0.2) is 22.4 Å². The summed E-state index contributed by atoms with van der Waals surface area (Å²) in [6.07, 6.45) is 2.51. The molecule has 0 bridgehead atoms. The number of phenols is 1. The molecule has 106 valence electrons. The van der Waals surface area contributed by atoms with E-state index < -0.39 is 0 Å². The Labute approximate surface area is 123 Å². The molecule has 0 aliphatic rings. The lowest BCUT2D eigenvalue weighted by Gasteiger charge is -2.19. The van der Waals surface area contributed by atoms with Crippen LogP contribution in [0.4, 0.5) is 0 Å². The van der Waals surface area contributed by atoms with Crippen molar-refractivity contribution in [3.05, 3.63) is 29.8 Å². The zero-order chi connectivity index (χ0) is 14.3. The number of phenolic OH excluding ortho intramolecular Hbond substituents is 1. The van der Waals surface area contributed by atoms with Gasteiger partial charge in [-0.1, -0.05) is 54.8 Å². The second kappa shape index (κ2) is 8.20. The smallest absolute Gasteiger partial charge is 0.224 e. The molecule has 3 nitrogen and oxygen atoms in total. The van der Waals surface area contributed by atoms with Crippen molar-refractivity contribution in [1.82, 2.24) is 5.32 Å². The topological polar surface area (TPSA) is 49.3 Å². The van der Waals surface area contributed by atoms with Crippen molar-refractivity contribution < 1.29 is 9.90 Å². The molecule has 0 fully saturated rings. The molecule has 0 aromatic heterocycles. The predicted molar refractivity (Wildman–Crippen MR) is 81.6 cm³/mol. The van der Waals surface area contributed by atoms with Crippen LogP contribution in [0.15, 0.2) is 24.3 Å². The number of nitrogens with one attached hydrogen (secondary N) is 1. The van der Waals surface area contributed by atoms with E-state index in [0.717, 1.165) is 18.4 Å². The van der Waals surface area contributed by atoms with Crippen LogP contribution < -0.4 is 5.32 Å². The van der Waals surface area contributed by atoms with E-state index in [1.165, 1.54) is 0 Å². The second-order valence-corrected chi connectivity index (χ2v) is 5.92. The van der Waals surface area contributed by atoms with Crippen LogP contribution in [0.25, 0.3) is 0 Å². The molecule has 19 heavy (non-hydrogen) atoms. The summed E-state index contributed by atoms with van der Waals surface area (Å²) in [5.74, 6) is 0.766. The minimum absolute atomic E-state index is 0.0130. The zero-order valence-corrected chi connectivity index (χ0v) is 13.1. The number of alkyl halides is 1. The molecule has 2 N–H and O–H groups in total. The number of carbonyl (C=O) groups is 1. The number of hydrogen-bond acceptors (Lipinski definition) is 2. The van der Waals surface area contributed by atoms with Gasteiger partial charge >= 0.3 is 0 Å². The van der Waals surface area contributed by atoms with Gasteiger partial charge in [0.15, 0.2) is 0 Å². The Morgan fingerprint density at radius 2 is 2.05 bits per heavy atom. The summed E-state index contributed by atoms with van der Waals surface area (Å²) in [6.45, 7) is 4.97. The minimum Gasteiger partial charge on any atom is -0.508 e. The van der Waals surface area contributed by atoms with E-state index in [9.17, 15) is 9.90 Å². The van der Waals surface area contributed by atoms with Gasteiger partial charge in [0.25, 0.3) is 0 Å². The van der Waals surface area contributed by atoms with E-state index >= 15 is 0 Å². The molecule has 0 saturated heterocycles. The first-order valence-electron chi connectivity index (χ1n) is 6.75. The number of rotatable bonds is 7. The molecule has 1 rings (SSSR count). The van der Waals surface area contributed by atoms with E-state index in [0.29, 0.717) is 23.7 Å². The molecule has 1 aromatic rings. The van der Waals surface area contributed by atoms with E-state index in [1.54, 1.807) is 18.2 Å². The van der Waals surface area contributed by atoms with Crippen molar-refractivity contribution in [1.29, 1.82) is 0 Å². The Kier molecular flexibility index (Phi) is 6.92. The highest BCUT2D eigenvalue weighted by molar-refractivity contribution is 9.09. The largest absolute Gasteiger partial charge is 0.508 e. The number of carbonyl (C=O) groups excluding carboxylic acids is 1. The standard InChI is InChI=1S/C15H22BrNO2/c1-3-12(4-2)14(16)10-17-15(19)9-11-6-5-7-13(18)8-11/h5-8,12,14,18H,3-4,9-10H2,1-2H3,(H,17,19). The quantitative estimate of drug-likeness (QED) is 0.755. The molecule has 0 aliphatic heterocycles. The van der Waals surface area contributed by atoms with Gasteiger partial charge in [0.1, 0.15) is 5.75 Å². The van der Waals surface area contributed by atoms with Gasteiger partial charge in [-0.2, -0.15) is 0 Å². The normalized spacial score (nSPS) is 12.4. The Hall–Kier alpha value is -1.03. The average molecular weight is 328 g/mol. The lowest BCUT2D eigenvalue weighted by Crippen LogP contribution is -2.33. The van der Waals surface area contributed by atoms with Gasteiger partial charge in [0.05, 0.1) is 6.42 Å². The molecule has 4 heteroatoms. The first-order valence-corrected chi connectivity index (χ1v) is 7.67. The maximum Gasteiger partial charge on any atom is 0.224 e. The van der Waals surface area contributed by atoms with Crippen molar-refractivity contribution in [2.75, 3.05) is 6.54 Å². The fraction of sp³-hybridized carbons (Fsp3) is 0.533. The summed E-state index contributed by atoms with van der Waals surface area (Å²) in [4.78, 5) is 12.1. The highest BCUT2D eigenvalue weighted by atomic mass is 79.9. The monoisotopic (exact) mass is 327 g/mol. The van der Waals surface area contributed by atoms with Gasteiger partial charge in [-0.05, 0) is 23.6 Å². The SMILES string of the molecule is CCC(CC)C(Br)CNC(=O)Cc1cccc(O)c1. The first-order chi connectivity index (χ1) is 9.06. The van der Waals surface area contributed by atoms with Crippen molar-refractivity contribution in [3.8, 4) is 5.75 Å². The number of halogens is 1. The Morgan fingerprint density at radius 3 is 2.63 bits per heavy atom. The fourth-order valence-corrected chi connectivity index (χ4v) is 3.00. The van der Waals surface area contributed by atoms with Crippen LogP contribution in [0.1, 0.15) is 32.3 Å². The van der Waals surface area contributed by atoms with Crippen LogP contribution in [0.2, 0.25) is 0 Å². The molecule has 1 atom stereocenters. The minimum atomic E-state index is -0.0130. The fourth-order valence-electron chi connectivity index (χ4n) is 2.09. The van der Waals surface area contributed by atoms with Crippen molar-refractivity contribution in [2.45, 2.75) is 37.9 Å². The zero-order valence-electron chi connectivity index (χ0n) is 11.5. The van der Waals surface area contributed by atoms with Crippen molar-refractivity contribution in [3.63, 3.8) is 0 Å². The van der Waals surface area contributed by atoms with Crippen LogP contribution in [0.5, 0.6) is 5.75 Å². The highest BCUT2D eigenvalue weighted by Gasteiger charge is 2.16. The first kappa shape index (κ1) is 16.0. The maximum atomic E-state index is 11.8. The third-order valence-electron chi connectivity index (χ3n) is 3.33. The van der Waals surface area contributed by atoms with Gasteiger partial charge in [0.2, 0.25) is 5.91 Å². The summed E-state index contributed by atoms with van der Waals surface area (Å²) >= 11 is 3.64. The third kappa shape index (κ3) is 5.64. The molecular formula is C15H22BrNO2. The summed E-state index contributed by atoms with van der Waals surface area (Å²) in [5, 5.41) is 12.3. The molecule has 1 amide bonds. The molecule has 0 aliphatic carbocycles. The van der Waals surface area contributed by atoms with Gasteiger partial charge in [-0.25, -0.2) is 0 Å². The van der Waals surface area contributed by atoms with Gasteiger partial charge in [-0.15, -0.1) is 0 Å². The lowest BCUT2D eigenvalue weighted by atomic mass is 9.99. The molecule has 0 saturated carbocycles. The number of hydrogen-bond donors (Lipinski definition) is 2. The molecule has 0 spiro atoms. The average Bonchev–Trinajstić information content (AvgIpc) is 2.38. The molecule has 0 heterocycles.